The molecule has 1 aromatic heterocycles. The van der Waals surface area contributed by atoms with Gasteiger partial charge in [-0.2, -0.15) is 0 Å². The molecule has 1 fully saturated rings. The van der Waals surface area contributed by atoms with Gasteiger partial charge in [0.15, 0.2) is 0 Å². The van der Waals surface area contributed by atoms with E-state index in [0.717, 1.165) is 24.0 Å². The summed E-state index contributed by atoms with van der Waals surface area (Å²) in [5.74, 6) is -0.130. The number of hydroxylamine groups is 2. The van der Waals surface area contributed by atoms with Gasteiger partial charge in [0, 0.05) is 24.6 Å². The molecule has 2 unspecified atom stereocenters. The van der Waals surface area contributed by atoms with Gasteiger partial charge in [0.25, 0.3) is 5.91 Å². The number of hydrogen-bond acceptors (Lipinski definition) is 6. The maximum absolute atomic E-state index is 12.8. The van der Waals surface area contributed by atoms with Crippen LogP contribution in [0.5, 0.6) is 0 Å². The number of rotatable bonds is 11. The quantitative estimate of drug-likeness (QED) is 0.338. The number of amides is 2. The number of nitrogens with zero attached hydrogens (tertiary/aromatic N) is 3. The number of quaternary nitrogens is 1. The van der Waals surface area contributed by atoms with E-state index in [2.05, 4.69) is 26.8 Å². The fourth-order valence-corrected chi connectivity index (χ4v) is 4.42. The molecule has 38 heavy (non-hydrogen) atoms. The van der Waals surface area contributed by atoms with Crippen molar-refractivity contribution in [1.29, 1.82) is 0 Å². The molecule has 4 rings (SSSR count). The third-order valence-corrected chi connectivity index (χ3v) is 6.69. The summed E-state index contributed by atoms with van der Waals surface area (Å²) in [5.41, 5.74) is 1.90. The van der Waals surface area contributed by atoms with Crippen LogP contribution in [0.1, 0.15) is 35.2 Å². The van der Waals surface area contributed by atoms with Crippen molar-refractivity contribution in [2.24, 2.45) is 5.92 Å². The van der Waals surface area contributed by atoms with Crippen LogP contribution in [0.2, 0.25) is 10.0 Å². The highest BCUT2D eigenvalue weighted by molar-refractivity contribution is 6.39. The van der Waals surface area contributed by atoms with E-state index in [0.29, 0.717) is 11.9 Å². The van der Waals surface area contributed by atoms with Crippen LogP contribution < -0.4 is 15.3 Å². The van der Waals surface area contributed by atoms with Crippen molar-refractivity contribution in [3.8, 4) is 0 Å². The van der Waals surface area contributed by atoms with Crippen molar-refractivity contribution in [1.82, 2.24) is 15.3 Å². The molecular formula is C28H27Cl2N5O3. The fourth-order valence-electron chi connectivity index (χ4n) is 3.85. The van der Waals surface area contributed by atoms with Crippen LogP contribution in [0.4, 0.5) is 11.6 Å². The summed E-state index contributed by atoms with van der Waals surface area (Å²) < 4.78 is 0. The Labute approximate surface area is 231 Å². The number of nitrogens with one attached hydrogen (secondary N) is 2. The number of carbonyl (C=O) groups is 2. The van der Waals surface area contributed by atoms with E-state index in [9.17, 15) is 14.8 Å². The molecule has 196 valence electrons. The molecule has 1 aliphatic carbocycles. The van der Waals surface area contributed by atoms with Crippen molar-refractivity contribution in [2.75, 3.05) is 11.4 Å². The summed E-state index contributed by atoms with van der Waals surface area (Å²) in [7, 11) is 0. The lowest BCUT2D eigenvalue weighted by Crippen LogP contribution is -3.07. The van der Waals surface area contributed by atoms with Crippen molar-refractivity contribution in [3.05, 3.63) is 106 Å². The largest absolute Gasteiger partial charge is 0.622 e. The number of anilines is 2. The highest BCUT2D eigenvalue weighted by Crippen LogP contribution is 2.34. The van der Waals surface area contributed by atoms with Gasteiger partial charge in [-0.15, -0.1) is 0 Å². The normalized spacial score (nSPS) is 14.6. The Morgan fingerprint density at radius 1 is 1.11 bits per heavy atom. The lowest BCUT2D eigenvalue weighted by atomic mass is 10.1. The Balaban J connectivity index is 1.47. The van der Waals surface area contributed by atoms with Gasteiger partial charge in [0.1, 0.15) is 6.04 Å². The lowest BCUT2D eigenvalue weighted by Gasteiger charge is -2.22. The van der Waals surface area contributed by atoms with Crippen LogP contribution in [0.15, 0.2) is 79.8 Å². The maximum Gasteiger partial charge on any atom is 0.339 e. The zero-order valence-electron chi connectivity index (χ0n) is 20.5. The van der Waals surface area contributed by atoms with Crippen molar-refractivity contribution >= 4 is 52.7 Å². The first kappa shape index (κ1) is 27.5. The first-order valence-corrected chi connectivity index (χ1v) is 12.9. The predicted octanol–water partition coefficient (Wildman–Crippen LogP) is 4.59. The summed E-state index contributed by atoms with van der Waals surface area (Å²) in [6, 6.07) is 13.2. The van der Waals surface area contributed by atoms with Gasteiger partial charge in [0.05, 0.1) is 21.8 Å². The van der Waals surface area contributed by atoms with Gasteiger partial charge < -0.3 is 15.4 Å². The topological polar surface area (TPSA) is 103 Å². The second-order valence-corrected chi connectivity index (χ2v) is 9.70. The molecule has 1 aliphatic rings. The monoisotopic (exact) mass is 551 g/mol. The number of benzene rings is 2. The van der Waals surface area contributed by atoms with Gasteiger partial charge in [-0.05, 0) is 67.7 Å². The summed E-state index contributed by atoms with van der Waals surface area (Å²) in [5, 5.41) is 14.1. The van der Waals surface area contributed by atoms with E-state index in [1.165, 1.54) is 25.0 Å². The van der Waals surface area contributed by atoms with Crippen LogP contribution >= 0.6 is 23.2 Å². The third kappa shape index (κ3) is 7.05. The van der Waals surface area contributed by atoms with Crippen LogP contribution in [0, 0.1) is 11.1 Å². The van der Waals surface area contributed by atoms with Gasteiger partial charge >= 0.3 is 5.91 Å². The number of aromatic nitrogens is 2. The van der Waals surface area contributed by atoms with Crippen LogP contribution in [0.25, 0.3) is 6.08 Å². The van der Waals surface area contributed by atoms with E-state index >= 15 is 0 Å². The first-order valence-electron chi connectivity index (χ1n) is 12.1. The standard InChI is InChI=1S/C28H27Cl2N5O3/c1-2-35(38)27(37)24(33-26(36)25-22(29)7-4-8-23(25)30)9-3-6-19-12-14-21(15-13-19)34(18-20-10-11-20)28-31-16-5-17-32-28/h2-8,12-17,20,24,35H,1,9-11,18H2,(H,33,36)/b6-3+. The molecule has 0 saturated heterocycles. The highest BCUT2D eigenvalue weighted by Gasteiger charge is 2.28. The first-order chi connectivity index (χ1) is 18.4. The molecule has 2 amide bonds. The van der Waals surface area contributed by atoms with Gasteiger partial charge in [-0.1, -0.05) is 53.6 Å². The summed E-state index contributed by atoms with van der Waals surface area (Å²) in [4.78, 5) is 36.4. The third-order valence-electron chi connectivity index (χ3n) is 6.06. The maximum atomic E-state index is 12.8. The molecule has 2 atom stereocenters. The average molecular weight is 552 g/mol. The van der Waals surface area contributed by atoms with Gasteiger partial charge in [0.2, 0.25) is 5.95 Å². The van der Waals surface area contributed by atoms with Crippen molar-refractivity contribution < 1.29 is 14.7 Å². The predicted molar refractivity (Wildman–Crippen MR) is 149 cm³/mol. The van der Waals surface area contributed by atoms with Crippen LogP contribution in [-0.4, -0.2) is 34.4 Å². The second-order valence-electron chi connectivity index (χ2n) is 8.89. The Kier molecular flexibility index (Phi) is 9.25. The van der Waals surface area contributed by atoms with Crippen LogP contribution in [0.3, 0.4) is 0 Å². The van der Waals surface area contributed by atoms with E-state index in [1.54, 1.807) is 30.6 Å². The van der Waals surface area contributed by atoms with Crippen molar-refractivity contribution in [2.45, 2.75) is 25.3 Å². The van der Waals surface area contributed by atoms with Crippen molar-refractivity contribution in [3.63, 3.8) is 0 Å². The Morgan fingerprint density at radius 3 is 2.37 bits per heavy atom. The summed E-state index contributed by atoms with van der Waals surface area (Å²) in [6.45, 7) is 4.22. The Morgan fingerprint density at radius 2 is 1.76 bits per heavy atom. The molecule has 0 radical (unpaired) electrons. The molecule has 10 heteroatoms. The molecular weight excluding hydrogens is 525 g/mol. The minimum Gasteiger partial charge on any atom is -0.622 e. The molecule has 1 heterocycles. The van der Waals surface area contributed by atoms with Gasteiger partial charge in [-0.3, -0.25) is 9.86 Å². The minimum atomic E-state index is -1.11. The van der Waals surface area contributed by atoms with Crippen LogP contribution in [-0.2, 0) is 4.79 Å². The lowest BCUT2D eigenvalue weighted by molar-refractivity contribution is -0.705. The van der Waals surface area contributed by atoms with E-state index in [1.807, 2.05) is 30.3 Å². The molecule has 0 aliphatic heterocycles. The SMILES string of the molecule is C=C[NH+]([O-])C(=O)C(C/C=C/c1ccc(N(CC2CC2)c2ncccn2)cc1)NC(=O)c1c(Cl)cccc1Cl. The zero-order chi connectivity index (χ0) is 27.1. The minimum absolute atomic E-state index is 0.0393. The molecule has 2 N–H and O–H groups in total. The van der Waals surface area contributed by atoms with Gasteiger partial charge in [-0.25, -0.2) is 14.8 Å². The smallest absolute Gasteiger partial charge is 0.339 e. The fraction of sp³-hybridized carbons (Fsp3) is 0.214. The summed E-state index contributed by atoms with van der Waals surface area (Å²) >= 11 is 12.3. The summed E-state index contributed by atoms with van der Waals surface area (Å²) in [6.07, 6.45) is 10.4. The van der Waals surface area contributed by atoms with E-state index < -0.39 is 22.9 Å². The van der Waals surface area contributed by atoms with E-state index in [4.69, 9.17) is 23.2 Å². The Bertz CT molecular complexity index is 1290. The molecule has 3 aromatic rings. The highest BCUT2D eigenvalue weighted by atomic mass is 35.5. The number of hydrogen-bond donors (Lipinski definition) is 2. The van der Waals surface area contributed by atoms with E-state index in [-0.39, 0.29) is 22.0 Å². The zero-order valence-corrected chi connectivity index (χ0v) is 22.0. The molecule has 1 saturated carbocycles. The molecule has 0 spiro atoms. The number of halogens is 2. The number of carbonyl (C=O) groups excluding carboxylic acids is 2. The molecule has 8 nitrogen and oxygen atoms in total. The second kappa shape index (κ2) is 12.8. The average Bonchev–Trinajstić information content (AvgIpc) is 3.75. The Hall–Kier alpha value is -3.56. The molecule has 0 bridgehead atoms. The molecule has 2 aromatic carbocycles.